The predicted molar refractivity (Wildman–Crippen MR) is 88.1 cm³/mol. The lowest BCUT2D eigenvalue weighted by Crippen LogP contribution is -2.34. The average Bonchev–Trinajstić information content (AvgIpc) is 2.96. The Labute approximate surface area is 126 Å². The van der Waals surface area contributed by atoms with Crippen molar-refractivity contribution in [3.05, 3.63) is 54.6 Å². The molecular formula is C18H22N2O. The Morgan fingerprint density at radius 1 is 0.810 bits per heavy atom. The zero-order valence-electron chi connectivity index (χ0n) is 12.4. The first-order chi connectivity index (χ1) is 10.3. The SMILES string of the molecule is COc1ccc(N[C@H]2CCC[C@@H]2Nc2ccccc2)cc1. The molecule has 2 aromatic carbocycles. The maximum atomic E-state index is 5.20. The Morgan fingerprint density at radius 2 is 1.38 bits per heavy atom. The summed E-state index contributed by atoms with van der Waals surface area (Å²) in [5.41, 5.74) is 2.36. The third-order valence-electron chi connectivity index (χ3n) is 4.08. The Morgan fingerprint density at radius 3 is 1.95 bits per heavy atom. The number of anilines is 2. The smallest absolute Gasteiger partial charge is 0.119 e. The summed E-state index contributed by atoms with van der Waals surface area (Å²) in [6, 6.07) is 19.6. The van der Waals surface area contributed by atoms with Gasteiger partial charge in [-0.3, -0.25) is 0 Å². The van der Waals surface area contributed by atoms with Crippen molar-refractivity contribution in [1.82, 2.24) is 0 Å². The number of rotatable bonds is 5. The predicted octanol–water partition coefficient (Wildman–Crippen LogP) is 4.14. The fourth-order valence-electron chi connectivity index (χ4n) is 2.96. The standard InChI is InChI=1S/C18H22N2O/c1-21-16-12-10-15(11-13-16)20-18-9-5-8-17(18)19-14-6-3-2-4-7-14/h2-4,6-7,10-13,17-20H,5,8-9H2,1H3/t17-,18-/m0/s1. The lowest BCUT2D eigenvalue weighted by Gasteiger charge is -2.24. The molecule has 0 bridgehead atoms. The van der Waals surface area contributed by atoms with Gasteiger partial charge in [-0.1, -0.05) is 18.2 Å². The number of ether oxygens (including phenoxy) is 1. The summed E-state index contributed by atoms with van der Waals surface area (Å²) >= 11 is 0. The molecule has 0 aliphatic heterocycles. The van der Waals surface area contributed by atoms with Crippen LogP contribution in [0.5, 0.6) is 5.75 Å². The molecule has 2 N–H and O–H groups in total. The van der Waals surface area contributed by atoms with Crippen molar-refractivity contribution in [2.45, 2.75) is 31.3 Å². The first-order valence-corrected chi connectivity index (χ1v) is 7.57. The van der Waals surface area contributed by atoms with E-state index in [1.54, 1.807) is 7.11 Å². The molecule has 1 saturated carbocycles. The fraction of sp³-hybridized carbons (Fsp3) is 0.333. The van der Waals surface area contributed by atoms with Crippen molar-refractivity contribution in [2.75, 3.05) is 17.7 Å². The highest BCUT2D eigenvalue weighted by atomic mass is 16.5. The van der Waals surface area contributed by atoms with E-state index < -0.39 is 0 Å². The summed E-state index contributed by atoms with van der Waals surface area (Å²) in [5, 5.41) is 7.29. The van der Waals surface area contributed by atoms with Crippen LogP contribution >= 0.6 is 0 Å². The van der Waals surface area contributed by atoms with E-state index in [9.17, 15) is 0 Å². The van der Waals surface area contributed by atoms with Crippen LogP contribution in [0.2, 0.25) is 0 Å². The molecule has 0 saturated heterocycles. The van der Waals surface area contributed by atoms with Crippen molar-refractivity contribution in [3.63, 3.8) is 0 Å². The van der Waals surface area contributed by atoms with Crippen molar-refractivity contribution >= 4 is 11.4 Å². The largest absolute Gasteiger partial charge is 0.497 e. The third kappa shape index (κ3) is 3.48. The zero-order chi connectivity index (χ0) is 14.5. The quantitative estimate of drug-likeness (QED) is 0.864. The molecule has 0 amide bonds. The first kappa shape index (κ1) is 13.8. The Bertz CT molecular complexity index is 553. The summed E-state index contributed by atoms with van der Waals surface area (Å²) in [6.07, 6.45) is 3.68. The van der Waals surface area contributed by atoms with Crippen LogP contribution in [0.4, 0.5) is 11.4 Å². The van der Waals surface area contributed by atoms with Gasteiger partial charge in [-0.25, -0.2) is 0 Å². The molecule has 2 aromatic rings. The summed E-state index contributed by atoms with van der Waals surface area (Å²) in [7, 11) is 1.69. The van der Waals surface area contributed by atoms with Gasteiger partial charge in [0.05, 0.1) is 7.11 Å². The van der Waals surface area contributed by atoms with E-state index in [2.05, 4.69) is 47.0 Å². The van der Waals surface area contributed by atoms with Gasteiger partial charge in [0.2, 0.25) is 0 Å². The molecular weight excluding hydrogens is 260 g/mol. The van der Waals surface area contributed by atoms with E-state index in [4.69, 9.17) is 4.74 Å². The topological polar surface area (TPSA) is 33.3 Å². The van der Waals surface area contributed by atoms with Crippen LogP contribution in [0.1, 0.15) is 19.3 Å². The van der Waals surface area contributed by atoms with Crippen molar-refractivity contribution in [2.24, 2.45) is 0 Å². The molecule has 21 heavy (non-hydrogen) atoms. The van der Waals surface area contributed by atoms with Crippen LogP contribution in [-0.4, -0.2) is 19.2 Å². The molecule has 3 heteroatoms. The number of benzene rings is 2. The van der Waals surface area contributed by atoms with Gasteiger partial charge in [0.25, 0.3) is 0 Å². The molecule has 0 radical (unpaired) electrons. The molecule has 1 aliphatic rings. The molecule has 1 aliphatic carbocycles. The van der Waals surface area contributed by atoms with Crippen LogP contribution in [0.15, 0.2) is 54.6 Å². The lowest BCUT2D eigenvalue weighted by atomic mass is 10.1. The Hall–Kier alpha value is -2.16. The Balaban J connectivity index is 1.63. The minimum absolute atomic E-state index is 0.471. The van der Waals surface area contributed by atoms with Gasteiger partial charge in [-0.05, 0) is 55.7 Å². The molecule has 110 valence electrons. The number of methoxy groups -OCH3 is 1. The summed E-state index contributed by atoms with van der Waals surface area (Å²) < 4.78 is 5.20. The van der Waals surface area contributed by atoms with Crippen LogP contribution in [-0.2, 0) is 0 Å². The van der Waals surface area contributed by atoms with Crippen LogP contribution in [0.3, 0.4) is 0 Å². The molecule has 3 nitrogen and oxygen atoms in total. The number of nitrogens with one attached hydrogen (secondary N) is 2. The first-order valence-electron chi connectivity index (χ1n) is 7.57. The van der Waals surface area contributed by atoms with Crippen molar-refractivity contribution in [1.29, 1.82) is 0 Å². The number of hydrogen-bond acceptors (Lipinski definition) is 3. The molecule has 0 aromatic heterocycles. The van der Waals surface area contributed by atoms with E-state index in [0.29, 0.717) is 12.1 Å². The highest BCUT2D eigenvalue weighted by Gasteiger charge is 2.26. The van der Waals surface area contributed by atoms with E-state index >= 15 is 0 Å². The minimum Gasteiger partial charge on any atom is -0.497 e. The molecule has 0 heterocycles. The van der Waals surface area contributed by atoms with E-state index in [0.717, 1.165) is 11.4 Å². The zero-order valence-corrected chi connectivity index (χ0v) is 12.4. The summed E-state index contributed by atoms with van der Waals surface area (Å²) in [5.74, 6) is 0.894. The maximum Gasteiger partial charge on any atom is 0.119 e. The van der Waals surface area contributed by atoms with Gasteiger partial charge in [0.1, 0.15) is 5.75 Å². The normalized spacial score (nSPS) is 21.0. The van der Waals surface area contributed by atoms with Gasteiger partial charge in [-0.15, -0.1) is 0 Å². The second-order valence-electron chi connectivity index (χ2n) is 5.53. The van der Waals surface area contributed by atoms with E-state index in [-0.39, 0.29) is 0 Å². The Kier molecular flexibility index (Phi) is 4.29. The van der Waals surface area contributed by atoms with Crippen LogP contribution in [0, 0.1) is 0 Å². The maximum absolute atomic E-state index is 5.20. The van der Waals surface area contributed by atoms with Crippen molar-refractivity contribution in [3.8, 4) is 5.75 Å². The second kappa shape index (κ2) is 6.53. The van der Waals surface area contributed by atoms with Gasteiger partial charge in [0.15, 0.2) is 0 Å². The monoisotopic (exact) mass is 282 g/mol. The van der Waals surface area contributed by atoms with E-state index in [1.165, 1.54) is 24.9 Å². The molecule has 1 fully saturated rings. The van der Waals surface area contributed by atoms with Gasteiger partial charge in [-0.2, -0.15) is 0 Å². The van der Waals surface area contributed by atoms with Gasteiger partial charge in [0, 0.05) is 23.5 Å². The van der Waals surface area contributed by atoms with Crippen LogP contribution in [0.25, 0.3) is 0 Å². The van der Waals surface area contributed by atoms with Crippen molar-refractivity contribution < 1.29 is 4.74 Å². The van der Waals surface area contributed by atoms with Gasteiger partial charge < -0.3 is 15.4 Å². The minimum atomic E-state index is 0.471. The summed E-state index contributed by atoms with van der Waals surface area (Å²) in [6.45, 7) is 0. The molecule has 0 unspecified atom stereocenters. The highest BCUT2D eigenvalue weighted by molar-refractivity contribution is 5.49. The third-order valence-corrected chi connectivity index (χ3v) is 4.08. The molecule has 2 atom stereocenters. The highest BCUT2D eigenvalue weighted by Crippen LogP contribution is 2.26. The van der Waals surface area contributed by atoms with E-state index in [1.807, 2.05) is 18.2 Å². The van der Waals surface area contributed by atoms with Gasteiger partial charge >= 0.3 is 0 Å². The fourth-order valence-corrected chi connectivity index (χ4v) is 2.96. The number of hydrogen-bond donors (Lipinski definition) is 2. The average molecular weight is 282 g/mol. The second-order valence-corrected chi connectivity index (χ2v) is 5.53. The molecule has 3 rings (SSSR count). The molecule has 0 spiro atoms. The van der Waals surface area contributed by atoms with Crippen LogP contribution < -0.4 is 15.4 Å². The number of para-hydroxylation sites is 1. The lowest BCUT2D eigenvalue weighted by molar-refractivity contribution is 0.415. The summed E-state index contributed by atoms with van der Waals surface area (Å²) in [4.78, 5) is 0.